The highest BCUT2D eigenvalue weighted by Crippen LogP contribution is 2.14. The first-order chi connectivity index (χ1) is 10.1. The standard InChI is InChI=1S/C17H17N2O2.ClH/c1-13(2)21-16-5-3-15(4-6-16)17(20)12-19-9-7-14(11-18)8-10-19;/h3-10,13H,12H2,1-2H3;1H/q+1;/p-1. The highest BCUT2D eigenvalue weighted by molar-refractivity contribution is 5.95. The predicted octanol–water partition coefficient (Wildman–Crippen LogP) is -0.480. The van der Waals surface area contributed by atoms with Crippen LogP contribution in [0, 0.1) is 11.3 Å². The smallest absolute Gasteiger partial charge is 0.227 e. The maximum absolute atomic E-state index is 12.2. The maximum Gasteiger partial charge on any atom is 0.227 e. The second-order valence-corrected chi connectivity index (χ2v) is 4.99. The van der Waals surface area contributed by atoms with Crippen LogP contribution < -0.4 is 21.7 Å². The Morgan fingerprint density at radius 1 is 1.18 bits per heavy atom. The van der Waals surface area contributed by atoms with Crippen molar-refractivity contribution in [2.75, 3.05) is 0 Å². The Balaban J connectivity index is 0.00000242. The molecule has 0 aliphatic rings. The Labute approximate surface area is 136 Å². The van der Waals surface area contributed by atoms with Crippen LogP contribution in [0.15, 0.2) is 48.8 Å². The van der Waals surface area contributed by atoms with E-state index in [1.807, 2.05) is 19.9 Å². The predicted molar refractivity (Wildman–Crippen MR) is 77.9 cm³/mol. The zero-order valence-electron chi connectivity index (χ0n) is 12.5. The van der Waals surface area contributed by atoms with Gasteiger partial charge < -0.3 is 17.1 Å². The second-order valence-electron chi connectivity index (χ2n) is 4.99. The van der Waals surface area contributed by atoms with Gasteiger partial charge in [-0.3, -0.25) is 4.79 Å². The summed E-state index contributed by atoms with van der Waals surface area (Å²) < 4.78 is 7.30. The van der Waals surface area contributed by atoms with Crippen molar-refractivity contribution < 1.29 is 26.5 Å². The van der Waals surface area contributed by atoms with E-state index >= 15 is 0 Å². The Kier molecular flexibility index (Phi) is 6.55. The third kappa shape index (κ3) is 4.87. The van der Waals surface area contributed by atoms with E-state index in [4.69, 9.17) is 10.00 Å². The van der Waals surface area contributed by atoms with Crippen LogP contribution in [0.2, 0.25) is 0 Å². The minimum Gasteiger partial charge on any atom is -1.00 e. The first kappa shape index (κ1) is 17.7. The van der Waals surface area contributed by atoms with E-state index in [0.29, 0.717) is 11.1 Å². The molecule has 22 heavy (non-hydrogen) atoms. The normalized spacial score (nSPS) is 9.73. The van der Waals surface area contributed by atoms with Gasteiger partial charge in [-0.05, 0) is 38.1 Å². The summed E-state index contributed by atoms with van der Waals surface area (Å²) in [7, 11) is 0. The van der Waals surface area contributed by atoms with Crippen molar-refractivity contribution in [2.24, 2.45) is 0 Å². The number of pyridine rings is 1. The average Bonchev–Trinajstić information content (AvgIpc) is 2.48. The van der Waals surface area contributed by atoms with E-state index in [-0.39, 0.29) is 30.8 Å². The number of aromatic nitrogens is 1. The SMILES string of the molecule is CC(C)Oc1ccc(C(=O)C[n+]2ccc(C#N)cc2)cc1.[Cl-]. The fourth-order valence-corrected chi connectivity index (χ4v) is 1.89. The van der Waals surface area contributed by atoms with Gasteiger partial charge in [-0.15, -0.1) is 0 Å². The van der Waals surface area contributed by atoms with Crippen LogP contribution >= 0.6 is 0 Å². The van der Waals surface area contributed by atoms with Crippen molar-refractivity contribution in [2.45, 2.75) is 26.5 Å². The summed E-state index contributed by atoms with van der Waals surface area (Å²) in [6.07, 6.45) is 3.57. The molecule has 1 heterocycles. The van der Waals surface area contributed by atoms with Crippen molar-refractivity contribution in [1.29, 1.82) is 5.26 Å². The summed E-state index contributed by atoms with van der Waals surface area (Å²) in [5.41, 5.74) is 1.22. The molecule has 0 unspecified atom stereocenters. The van der Waals surface area contributed by atoms with Gasteiger partial charge in [0, 0.05) is 17.7 Å². The van der Waals surface area contributed by atoms with Crippen molar-refractivity contribution in [3.63, 3.8) is 0 Å². The molecule has 0 atom stereocenters. The zero-order valence-corrected chi connectivity index (χ0v) is 13.2. The number of nitriles is 1. The monoisotopic (exact) mass is 316 g/mol. The second kappa shape index (κ2) is 8.16. The van der Waals surface area contributed by atoms with E-state index in [2.05, 4.69) is 0 Å². The molecule has 0 aliphatic carbocycles. The third-order valence-electron chi connectivity index (χ3n) is 2.89. The lowest BCUT2D eigenvalue weighted by Gasteiger charge is -2.09. The molecule has 0 fully saturated rings. The van der Waals surface area contributed by atoms with Gasteiger partial charge in [0.15, 0.2) is 12.4 Å². The lowest BCUT2D eigenvalue weighted by Crippen LogP contribution is -3.00. The molecular formula is C17H17ClN2O2. The summed E-state index contributed by atoms with van der Waals surface area (Å²) in [4.78, 5) is 12.2. The van der Waals surface area contributed by atoms with Gasteiger partial charge in [0.25, 0.3) is 0 Å². The van der Waals surface area contributed by atoms with Gasteiger partial charge in [0.05, 0.1) is 17.7 Å². The number of halogens is 1. The topological polar surface area (TPSA) is 54.0 Å². The quantitative estimate of drug-likeness (QED) is 0.553. The van der Waals surface area contributed by atoms with Gasteiger partial charge >= 0.3 is 0 Å². The largest absolute Gasteiger partial charge is 1.00 e. The van der Waals surface area contributed by atoms with Crippen LogP contribution in [0.3, 0.4) is 0 Å². The minimum atomic E-state index is 0. The molecule has 0 N–H and O–H groups in total. The Morgan fingerprint density at radius 3 is 2.27 bits per heavy atom. The molecule has 0 aliphatic heterocycles. The molecule has 1 aromatic carbocycles. The van der Waals surface area contributed by atoms with Gasteiger partial charge in [-0.25, -0.2) is 0 Å². The highest BCUT2D eigenvalue weighted by Gasteiger charge is 2.12. The number of hydrogen-bond acceptors (Lipinski definition) is 3. The number of rotatable bonds is 5. The Bertz CT molecular complexity index is 659. The molecule has 114 valence electrons. The molecular weight excluding hydrogens is 300 g/mol. The molecule has 0 saturated carbocycles. The lowest BCUT2D eigenvalue weighted by atomic mass is 10.1. The number of hydrogen-bond donors (Lipinski definition) is 0. The molecule has 5 heteroatoms. The highest BCUT2D eigenvalue weighted by atomic mass is 35.5. The molecule has 0 amide bonds. The van der Waals surface area contributed by atoms with E-state index in [1.165, 1.54) is 0 Å². The molecule has 2 rings (SSSR count). The average molecular weight is 317 g/mol. The first-order valence-electron chi connectivity index (χ1n) is 6.77. The van der Waals surface area contributed by atoms with Crippen LogP contribution in [0.1, 0.15) is 29.8 Å². The van der Waals surface area contributed by atoms with Gasteiger partial charge in [-0.2, -0.15) is 9.83 Å². The van der Waals surface area contributed by atoms with Gasteiger partial charge in [0.2, 0.25) is 12.3 Å². The number of ether oxygens (including phenoxy) is 1. The summed E-state index contributed by atoms with van der Waals surface area (Å²) in [5.74, 6) is 0.772. The fraction of sp³-hybridized carbons (Fsp3) is 0.235. The minimum absolute atomic E-state index is 0. The first-order valence-corrected chi connectivity index (χ1v) is 6.77. The summed E-state index contributed by atoms with van der Waals surface area (Å²) in [6.45, 7) is 4.16. The number of carbonyl (C=O) groups excluding carboxylic acids is 1. The van der Waals surface area contributed by atoms with Crippen LogP contribution in [-0.2, 0) is 6.54 Å². The van der Waals surface area contributed by atoms with E-state index < -0.39 is 0 Å². The molecule has 0 radical (unpaired) electrons. The Hall–Kier alpha value is -2.38. The number of Topliss-reactive ketones (excluding diaryl/α,β-unsaturated/α-hetero) is 1. The summed E-state index contributed by atoms with van der Waals surface area (Å²) in [6, 6.07) is 12.6. The van der Waals surface area contributed by atoms with Gasteiger partial charge in [-0.1, -0.05) is 0 Å². The zero-order chi connectivity index (χ0) is 15.2. The molecule has 0 spiro atoms. The number of carbonyl (C=O) groups is 1. The van der Waals surface area contributed by atoms with Crippen LogP contribution in [-0.4, -0.2) is 11.9 Å². The number of benzene rings is 1. The van der Waals surface area contributed by atoms with Crippen molar-refractivity contribution in [3.8, 4) is 11.8 Å². The van der Waals surface area contributed by atoms with Crippen molar-refractivity contribution in [1.82, 2.24) is 0 Å². The van der Waals surface area contributed by atoms with Gasteiger partial charge in [0.1, 0.15) is 5.75 Å². The molecule has 0 bridgehead atoms. The van der Waals surface area contributed by atoms with E-state index in [1.54, 1.807) is 53.4 Å². The molecule has 2 aromatic rings. The Morgan fingerprint density at radius 2 is 1.77 bits per heavy atom. The van der Waals surface area contributed by atoms with Crippen LogP contribution in [0.4, 0.5) is 0 Å². The number of ketones is 1. The maximum atomic E-state index is 12.2. The van der Waals surface area contributed by atoms with Crippen LogP contribution in [0.5, 0.6) is 5.75 Å². The summed E-state index contributed by atoms with van der Waals surface area (Å²) >= 11 is 0. The third-order valence-corrected chi connectivity index (χ3v) is 2.89. The molecule has 1 aromatic heterocycles. The summed E-state index contributed by atoms with van der Waals surface area (Å²) in [5, 5.41) is 8.74. The fourth-order valence-electron chi connectivity index (χ4n) is 1.89. The molecule has 0 saturated heterocycles. The van der Waals surface area contributed by atoms with Crippen LogP contribution in [0.25, 0.3) is 0 Å². The lowest BCUT2D eigenvalue weighted by molar-refractivity contribution is -0.683. The van der Waals surface area contributed by atoms with Crippen molar-refractivity contribution in [3.05, 3.63) is 59.9 Å². The van der Waals surface area contributed by atoms with E-state index in [9.17, 15) is 4.79 Å². The van der Waals surface area contributed by atoms with E-state index in [0.717, 1.165) is 5.75 Å². The number of nitrogens with zero attached hydrogens (tertiary/aromatic N) is 2. The molecule has 4 nitrogen and oxygen atoms in total. The van der Waals surface area contributed by atoms with Crippen molar-refractivity contribution >= 4 is 5.78 Å².